The SMILES string of the molecule is CCc1ccccc1N1C(=O)NC(=O)/C(=C/c2cc(Cl)c(OCc3cccc(F)c3)c(OC)c2)C1=O. The van der Waals surface area contributed by atoms with E-state index in [9.17, 15) is 18.8 Å². The summed E-state index contributed by atoms with van der Waals surface area (Å²) in [7, 11) is 1.41. The topological polar surface area (TPSA) is 84.9 Å². The normalized spacial score (nSPS) is 14.7. The Morgan fingerprint density at radius 3 is 2.56 bits per heavy atom. The number of halogens is 2. The van der Waals surface area contributed by atoms with Crippen molar-refractivity contribution in [2.24, 2.45) is 0 Å². The number of amides is 4. The predicted octanol–water partition coefficient (Wildman–Crippen LogP) is 5.30. The van der Waals surface area contributed by atoms with Crippen molar-refractivity contribution in [3.05, 3.63) is 93.8 Å². The Balaban J connectivity index is 1.66. The Morgan fingerprint density at radius 2 is 1.83 bits per heavy atom. The van der Waals surface area contributed by atoms with Gasteiger partial charge < -0.3 is 9.47 Å². The molecular weight excluding hydrogens is 487 g/mol. The molecule has 0 bridgehead atoms. The van der Waals surface area contributed by atoms with Crippen LogP contribution in [0.15, 0.2) is 66.2 Å². The summed E-state index contributed by atoms with van der Waals surface area (Å²) in [5.74, 6) is -1.50. The van der Waals surface area contributed by atoms with E-state index in [4.69, 9.17) is 21.1 Å². The maximum Gasteiger partial charge on any atom is 0.335 e. The number of anilines is 1. The number of rotatable bonds is 7. The number of barbiturate groups is 1. The Labute approximate surface area is 212 Å². The fourth-order valence-electron chi connectivity index (χ4n) is 3.82. The number of ether oxygens (including phenoxy) is 2. The van der Waals surface area contributed by atoms with Crippen molar-refractivity contribution < 1.29 is 28.2 Å². The van der Waals surface area contributed by atoms with E-state index in [-0.39, 0.29) is 34.5 Å². The number of para-hydroxylation sites is 1. The lowest BCUT2D eigenvalue weighted by molar-refractivity contribution is -0.122. The molecule has 1 fully saturated rings. The molecular formula is C27H22ClFN2O5. The number of carbonyl (C=O) groups is 3. The third-order valence-corrected chi connectivity index (χ3v) is 5.83. The Morgan fingerprint density at radius 1 is 1.06 bits per heavy atom. The van der Waals surface area contributed by atoms with E-state index in [0.717, 1.165) is 10.5 Å². The highest BCUT2D eigenvalue weighted by Gasteiger charge is 2.37. The lowest BCUT2D eigenvalue weighted by Crippen LogP contribution is -2.54. The first kappa shape index (κ1) is 24.9. The van der Waals surface area contributed by atoms with Gasteiger partial charge in [0.1, 0.15) is 18.0 Å². The molecule has 0 unspecified atom stereocenters. The van der Waals surface area contributed by atoms with Crippen LogP contribution < -0.4 is 19.7 Å². The molecule has 184 valence electrons. The van der Waals surface area contributed by atoms with Gasteiger partial charge in [-0.1, -0.05) is 48.9 Å². The van der Waals surface area contributed by atoms with Crippen LogP contribution in [0.4, 0.5) is 14.9 Å². The van der Waals surface area contributed by atoms with Crippen LogP contribution in [0.1, 0.15) is 23.6 Å². The van der Waals surface area contributed by atoms with E-state index < -0.39 is 17.8 Å². The zero-order valence-electron chi connectivity index (χ0n) is 19.5. The van der Waals surface area contributed by atoms with Gasteiger partial charge in [-0.15, -0.1) is 0 Å². The van der Waals surface area contributed by atoms with Gasteiger partial charge in [-0.2, -0.15) is 0 Å². The van der Waals surface area contributed by atoms with Gasteiger partial charge in [0, 0.05) is 0 Å². The molecule has 3 aromatic rings. The van der Waals surface area contributed by atoms with Crippen LogP contribution >= 0.6 is 11.6 Å². The summed E-state index contributed by atoms with van der Waals surface area (Å²) in [5.41, 5.74) is 1.91. The third-order valence-electron chi connectivity index (χ3n) is 5.55. The van der Waals surface area contributed by atoms with Crippen molar-refractivity contribution in [1.29, 1.82) is 0 Å². The van der Waals surface area contributed by atoms with Crippen LogP contribution in [0.25, 0.3) is 6.08 Å². The molecule has 7 nitrogen and oxygen atoms in total. The number of methoxy groups -OCH3 is 1. The molecule has 0 saturated carbocycles. The number of urea groups is 1. The van der Waals surface area contributed by atoms with E-state index in [2.05, 4.69) is 5.32 Å². The highest BCUT2D eigenvalue weighted by molar-refractivity contribution is 6.39. The van der Waals surface area contributed by atoms with Crippen molar-refractivity contribution in [3.63, 3.8) is 0 Å². The zero-order chi connectivity index (χ0) is 25.8. The highest BCUT2D eigenvalue weighted by Crippen LogP contribution is 2.38. The third kappa shape index (κ3) is 5.08. The van der Waals surface area contributed by atoms with Gasteiger partial charge >= 0.3 is 6.03 Å². The molecule has 0 aromatic heterocycles. The molecule has 9 heteroatoms. The number of hydrogen-bond acceptors (Lipinski definition) is 5. The lowest BCUT2D eigenvalue weighted by atomic mass is 10.0. The van der Waals surface area contributed by atoms with E-state index in [0.29, 0.717) is 23.2 Å². The minimum atomic E-state index is -0.822. The summed E-state index contributed by atoms with van der Waals surface area (Å²) in [5, 5.41) is 2.37. The predicted molar refractivity (Wildman–Crippen MR) is 134 cm³/mol. The van der Waals surface area contributed by atoms with Gasteiger partial charge in [-0.25, -0.2) is 14.1 Å². The van der Waals surface area contributed by atoms with Crippen LogP contribution in [0.3, 0.4) is 0 Å². The zero-order valence-corrected chi connectivity index (χ0v) is 20.3. The van der Waals surface area contributed by atoms with Gasteiger partial charge in [-0.05, 0) is 59.5 Å². The fraction of sp³-hybridized carbons (Fsp3) is 0.148. The van der Waals surface area contributed by atoms with E-state index in [1.54, 1.807) is 30.3 Å². The monoisotopic (exact) mass is 508 g/mol. The molecule has 0 aliphatic carbocycles. The largest absolute Gasteiger partial charge is 0.493 e. The summed E-state index contributed by atoms with van der Waals surface area (Å²) in [4.78, 5) is 39.3. The summed E-state index contributed by atoms with van der Waals surface area (Å²) in [6, 6.07) is 15.1. The molecule has 3 aromatic carbocycles. The lowest BCUT2D eigenvalue weighted by Gasteiger charge is -2.28. The highest BCUT2D eigenvalue weighted by atomic mass is 35.5. The standard InChI is InChI=1S/C27H22ClFN2O5/c1-3-18-8-4-5-10-22(18)31-26(33)20(25(32)30-27(31)34)12-17-13-21(28)24(23(14-17)35-2)36-15-16-7-6-9-19(29)11-16/h4-14H,3,15H2,1-2H3,(H,30,32,34)/b20-12-. The summed E-state index contributed by atoms with van der Waals surface area (Å²) in [6.07, 6.45) is 1.92. The second-order valence-corrected chi connectivity index (χ2v) is 8.30. The number of nitrogens with one attached hydrogen (secondary N) is 1. The van der Waals surface area contributed by atoms with Gasteiger partial charge in [-0.3, -0.25) is 14.9 Å². The first-order chi connectivity index (χ1) is 17.3. The first-order valence-electron chi connectivity index (χ1n) is 11.1. The van der Waals surface area contributed by atoms with Crippen molar-refractivity contribution in [3.8, 4) is 11.5 Å². The van der Waals surface area contributed by atoms with Gasteiger partial charge in [0.15, 0.2) is 11.5 Å². The maximum atomic E-state index is 13.5. The second-order valence-electron chi connectivity index (χ2n) is 7.89. The molecule has 1 aliphatic heterocycles. The molecule has 0 spiro atoms. The van der Waals surface area contributed by atoms with Crippen LogP contribution in [-0.2, 0) is 22.6 Å². The minimum Gasteiger partial charge on any atom is -0.493 e. The molecule has 0 radical (unpaired) electrons. The van der Waals surface area contributed by atoms with Gasteiger partial charge in [0.05, 0.1) is 17.8 Å². The van der Waals surface area contributed by atoms with E-state index >= 15 is 0 Å². The average molecular weight is 509 g/mol. The van der Waals surface area contributed by atoms with E-state index in [1.807, 2.05) is 19.1 Å². The van der Waals surface area contributed by atoms with Crippen LogP contribution in [0, 0.1) is 5.82 Å². The van der Waals surface area contributed by atoms with Gasteiger partial charge in [0.2, 0.25) is 0 Å². The summed E-state index contributed by atoms with van der Waals surface area (Å²) in [6.45, 7) is 1.95. The molecule has 1 N–H and O–H groups in total. The molecule has 1 aliphatic rings. The molecule has 36 heavy (non-hydrogen) atoms. The van der Waals surface area contributed by atoms with Crippen molar-refractivity contribution in [1.82, 2.24) is 5.32 Å². The molecule has 0 atom stereocenters. The van der Waals surface area contributed by atoms with E-state index in [1.165, 1.54) is 31.4 Å². The number of imide groups is 2. The number of benzene rings is 3. The number of carbonyl (C=O) groups excluding carboxylic acids is 3. The Hall–Kier alpha value is -4.17. The van der Waals surface area contributed by atoms with Crippen molar-refractivity contribution in [2.75, 3.05) is 12.0 Å². The number of aryl methyl sites for hydroxylation is 1. The van der Waals surface area contributed by atoms with Gasteiger partial charge in [0.25, 0.3) is 11.8 Å². The molecule has 1 saturated heterocycles. The fourth-order valence-corrected chi connectivity index (χ4v) is 4.09. The minimum absolute atomic E-state index is 0.0447. The van der Waals surface area contributed by atoms with Crippen molar-refractivity contribution >= 4 is 41.2 Å². The van der Waals surface area contributed by atoms with Crippen LogP contribution in [-0.4, -0.2) is 25.0 Å². The molecule has 1 heterocycles. The number of nitrogens with zero attached hydrogens (tertiary/aromatic N) is 1. The number of hydrogen-bond donors (Lipinski definition) is 1. The maximum absolute atomic E-state index is 13.5. The first-order valence-corrected chi connectivity index (χ1v) is 11.4. The Bertz CT molecular complexity index is 1390. The smallest absolute Gasteiger partial charge is 0.335 e. The average Bonchev–Trinajstić information content (AvgIpc) is 2.86. The summed E-state index contributed by atoms with van der Waals surface area (Å²) < 4.78 is 24.6. The molecule has 4 rings (SSSR count). The second kappa shape index (κ2) is 10.6. The summed E-state index contributed by atoms with van der Waals surface area (Å²) >= 11 is 6.43. The Kier molecular flexibility index (Phi) is 7.36. The quantitative estimate of drug-likeness (QED) is 0.346. The van der Waals surface area contributed by atoms with Crippen molar-refractivity contribution in [2.45, 2.75) is 20.0 Å². The molecule has 4 amide bonds. The van der Waals surface area contributed by atoms with Crippen LogP contribution in [0.2, 0.25) is 5.02 Å². The van der Waals surface area contributed by atoms with Crippen LogP contribution in [0.5, 0.6) is 11.5 Å².